The van der Waals surface area contributed by atoms with E-state index in [0.29, 0.717) is 44.9 Å². The van der Waals surface area contributed by atoms with Gasteiger partial charge >= 0.3 is 23.9 Å². The zero-order valence-electron chi connectivity index (χ0n) is 77.2. The van der Waals surface area contributed by atoms with Gasteiger partial charge in [0.15, 0.2) is 24.8 Å². The van der Waals surface area contributed by atoms with Crippen molar-refractivity contribution in [1.29, 1.82) is 0 Å². The summed E-state index contributed by atoms with van der Waals surface area (Å²) in [5.41, 5.74) is 0. The second-order valence-electron chi connectivity index (χ2n) is 35.6. The Morgan fingerprint density at radius 3 is 1.03 bits per heavy atom. The lowest BCUT2D eigenvalue weighted by Gasteiger charge is -2.47. The monoisotopic (exact) mass is 1740 g/mol. The van der Waals surface area contributed by atoms with Crippen molar-refractivity contribution in [3.63, 3.8) is 0 Å². The number of carbonyl (C=O) groups is 6. The molecule has 2 saturated heterocycles. The van der Waals surface area contributed by atoms with Crippen LogP contribution in [0.1, 0.15) is 478 Å². The molecule has 24 nitrogen and oxygen atoms in total. The molecule has 0 saturated carbocycles. The first-order valence-electron chi connectivity index (χ1n) is 50.0. The summed E-state index contributed by atoms with van der Waals surface area (Å²) in [7, 11) is -5.87. The summed E-state index contributed by atoms with van der Waals surface area (Å²) >= 11 is 0. The molecule has 2 aliphatic heterocycles. The molecule has 1 unspecified atom stereocenters. The second kappa shape index (κ2) is 76.6. The molecule has 0 bridgehead atoms. The van der Waals surface area contributed by atoms with E-state index >= 15 is 4.79 Å². The summed E-state index contributed by atoms with van der Waals surface area (Å²) in [6.07, 6.45) is 40.2. The number of carbonyl (C=O) groups excluding carboxylic acids is 6. The molecule has 2 amide bonds. The Morgan fingerprint density at radius 1 is 0.364 bits per heavy atom. The van der Waals surface area contributed by atoms with Crippen LogP contribution in [0.4, 0.5) is 0 Å². The molecule has 25 heteroatoms. The molecule has 8 N–H and O–H groups in total. The van der Waals surface area contributed by atoms with Crippen LogP contribution in [0.25, 0.3) is 0 Å². The summed E-state index contributed by atoms with van der Waals surface area (Å²) in [6.45, 7) is 11.2. The summed E-state index contributed by atoms with van der Waals surface area (Å²) in [5.74, 6) is -4.61. The normalized spacial score (nSPS) is 20.8. The standard InChI is InChI=1S/C96H181N2O22P/c1-7-13-19-25-31-37-39-45-51-57-63-69-85(104)114-79(67-61-55-49-43-35-29-23-17-11-5)73-84(103)98-90-94(119-88(107)74-80(68-62-56-50-44-36-30-24-18-12-6)115-86(105)70-64-58-52-46-40-38-32-26-20-14-8-2)92(120-121(110,111)112)81(75-99)117-96(90)113-76-82-91(108)93(118-87(106)72-78(101)66-60-54-48-42-34-28-22-16-10-4)89(95(109)116-82)97-83(102)71-77(100)65-59-53-47-41-33-27-21-15-9-3/h77-82,89-96,99-101,108-109H,7-76H2,1-6H3,(H,97,102)(H,98,103)(H2,110,111,112)/p-1/t77-,78-,79-,80-,81-,82-,89-,90-,91-,92-,93-,94-,95+,96-/m1/s1. The number of esters is 4. The Labute approximate surface area is 733 Å². The predicted molar refractivity (Wildman–Crippen MR) is 477 cm³/mol. The highest BCUT2D eigenvalue weighted by atomic mass is 31.2. The predicted octanol–water partition coefficient (Wildman–Crippen LogP) is 20.6. The van der Waals surface area contributed by atoms with Crippen molar-refractivity contribution < 1.29 is 106 Å². The molecule has 2 fully saturated rings. The lowest BCUT2D eigenvalue weighted by Crippen LogP contribution is -2.68. The SMILES string of the molecule is CCCCCCCCCCCCCC(=O)O[C@H](CCCCCCCCCCC)CC(=O)N[C@H]1[C@H](OC[C@H]2O[C@H](O)[C@H](NC(=O)C[C@H](O)CCCCCCCCCCC)[C@@H](OC(=O)C[C@H](O)CCCCCCCCCCC)[C@@H]2O)O[C@H](CO)[C@@H](OP(=O)([O-])O)[C@@H]1OC(=O)C[C@@H](CCCCCCCCCCC)OC(=O)CCCCCCCCCCCCC. The molecule has 2 rings (SSSR count). The minimum Gasteiger partial charge on any atom is -0.756 e. The number of unbranched alkanes of at least 4 members (excludes halogenated alkanes) is 52. The fraction of sp³-hybridized carbons (Fsp3) is 0.938. The first kappa shape index (κ1) is 114. The quantitative estimate of drug-likeness (QED) is 0.0121. The molecule has 712 valence electrons. The fourth-order valence-corrected chi connectivity index (χ4v) is 17.3. The highest BCUT2D eigenvalue weighted by molar-refractivity contribution is 7.44. The van der Waals surface area contributed by atoms with E-state index in [2.05, 4.69) is 52.2 Å². The number of hydrogen-bond donors (Lipinski definition) is 8. The van der Waals surface area contributed by atoms with Crippen molar-refractivity contribution >= 4 is 43.5 Å². The van der Waals surface area contributed by atoms with Crippen molar-refractivity contribution in [2.45, 2.75) is 564 Å². The average Bonchev–Trinajstić information content (AvgIpc) is 0.777. The van der Waals surface area contributed by atoms with Crippen molar-refractivity contribution in [2.24, 2.45) is 0 Å². The van der Waals surface area contributed by atoms with E-state index in [1.807, 2.05) is 0 Å². The largest absolute Gasteiger partial charge is 0.756 e. The van der Waals surface area contributed by atoms with Crippen molar-refractivity contribution in [1.82, 2.24) is 10.6 Å². The van der Waals surface area contributed by atoms with Crippen LogP contribution >= 0.6 is 7.82 Å². The number of phosphoric ester groups is 1. The van der Waals surface area contributed by atoms with E-state index in [4.69, 9.17) is 37.7 Å². The smallest absolute Gasteiger partial charge is 0.310 e. The summed E-state index contributed by atoms with van der Waals surface area (Å²) in [5, 5.41) is 63.2. The maximum atomic E-state index is 15.1. The van der Waals surface area contributed by atoms with Gasteiger partial charge in [-0.2, -0.15) is 0 Å². The maximum Gasteiger partial charge on any atom is 0.310 e. The number of nitrogens with one attached hydrogen (secondary N) is 2. The second-order valence-corrected chi connectivity index (χ2v) is 36.8. The molecule has 0 aliphatic carbocycles. The van der Waals surface area contributed by atoms with Crippen LogP contribution in [0.5, 0.6) is 0 Å². The summed E-state index contributed by atoms with van der Waals surface area (Å²) in [4.78, 5) is 109. The van der Waals surface area contributed by atoms with Crippen LogP contribution in [0.2, 0.25) is 0 Å². The van der Waals surface area contributed by atoms with Crippen LogP contribution in [0.15, 0.2) is 0 Å². The third-order valence-corrected chi connectivity index (χ3v) is 24.6. The van der Waals surface area contributed by atoms with Crippen LogP contribution in [-0.4, -0.2) is 165 Å². The summed E-state index contributed by atoms with van der Waals surface area (Å²) < 4.78 is 61.5. The van der Waals surface area contributed by atoms with Crippen molar-refractivity contribution in [3.8, 4) is 0 Å². The van der Waals surface area contributed by atoms with Crippen molar-refractivity contribution in [2.75, 3.05) is 13.2 Å². The van der Waals surface area contributed by atoms with Gasteiger partial charge in [-0.3, -0.25) is 33.3 Å². The fourth-order valence-electron chi connectivity index (χ4n) is 16.7. The van der Waals surface area contributed by atoms with Crippen LogP contribution in [-0.2, 0) is 71.0 Å². The minimum atomic E-state index is -5.87. The number of amides is 2. The van der Waals surface area contributed by atoms with E-state index in [1.165, 1.54) is 122 Å². The number of aliphatic hydroxyl groups is 5. The molecule has 0 aromatic carbocycles. The number of ether oxygens (including phenoxy) is 7. The van der Waals surface area contributed by atoms with E-state index in [0.717, 1.165) is 212 Å². The Bertz CT molecular complexity index is 2550. The number of rotatable bonds is 84. The van der Waals surface area contributed by atoms with Gasteiger partial charge in [-0.25, -0.2) is 0 Å². The third kappa shape index (κ3) is 60.9. The van der Waals surface area contributed by atoms with Gasteiger partial charge in [0.2, 0.25) is 11.8 Å². The summed E-state index contributed by atoms with van der Waals surface area (Å²) in [6, 6.07) is -3.50. The molecule has 2 heterocycles. The van der Waals surface area contributed by atoms with Crippen LogP contribution < -0.4 is 15.5 Å². The third-order valence-electron chi connectivity index (χ3n) is 24.1. The van der Waals surface area contributed by atoms with Crippen LogP contribution in [0, 0.1) is 0 Å². The van der Waals surface area contributed by atoms with Gasteiger partial charge in [0, 0.05) is 12.8 Å². The molecule has 0 aromatic rings. The van der Waals surface area contributed by atoms with E-state index in [1.54, 1.807) is 0 Å². The number of hydrogen-bond acceptors (Lipinski definition) is 21. The molecule has 0 aromatic heterocycles. The van der Waals surface area contributed by atoms with Gasteiger partial charge in [0.05, 0.1) is 51.1 Å². The molecular formula is C96H180N2O22P-. The number of aliphatic hydroxyl groups excluding tert-OH is 5. The Kier molecular flexibility index (Phi) is 72.0. The molecular weight excluding hydrogens is 1560 g/mol. The van der Waals surface area contributed by atoms with Gasteiger partial charge in [-0.05, 0) is 51.4 Å². The average molecular weight is 1750 g/mol. The highest BCUT2D eigenvalue weighted by Gasteiger charge is 2.53. The molecule has 0 radical (unpaired) electrons. The van der Waals surface area contributed by atoms with E-state index in [-0.39, 0.29) is 32.1 Å². The Balaban J connectivity index is 2.73. The van der Waals surface area contributed by atoms with E-state index < -0.39 is 168 Å². The zero-order valence-corrected chi connectivity index (χ0v) is 78.1. The molecule has 121 heavy (non-hydrogen) atoms. The maximum absolute atomic E-state index is 15.1. The van der Waals surface area contributed by atoms with Gasteiger partial charge in [-0.15, -0.1) is 0 Å². The zero-order chi connectivity index (χ0) is 88.6. The van der Waals surface area contributed by atoms with Crippen molar-refractivity contribution in [3.05, 3.63) is 0 Å². The lowest BCUT2D eigenvalue weighted by molar-refractivity contribution is -0.304. The lowest BCUT2D eigenvalue weighted by atomic mass is 9.95. The Hall–Kier alpha value is -3.39. The van der Waals surface area contributed by atoms with E-state index in [9.17, 15) is 63.9 Å². The van der Waals surface area contributed by atoms with Gasteiger partial charge in [0.25, 0.3) is 7.82 Å². The first-order chi connectivity index (χ1) is 58.6. The minimum absolute atomic E-state index is 0.104. The molecule has 0 spiro atoms. The van der Waals surface area contributed by atoms with Gasteiger partial charge < -0.3 is 83.6 Å². The molecule has 15 atom stereocenters. The molecule has 2 aliphatic rings. The Morgan fingerprint density at radius 2 is 0.669 bits per heavy atom. The topological polar surface area (TPSA) is 362 Å². The van der Waals surface area contributed by atoms with Gasteiger partial charge in [0.1, 0.15) is 48.7 Å². The van der Waals surface area contributed by atoms with Gasteiger partial charge in [-0.1, -0.05) is 388 Å². The van der Waals surface area contributed by atoms with Crippen LogP contribution in [0.3, 0.4) is 0 Å². The first-order valence-corrected chi connectivity index (χ1v) is 51.5. The highest BCUT2D eigenvalue weighted by Crippen LogP contribution is 2.40. The number of phosphoric acid groups is 1.